The monoisotopic (exact) mass is 715 g/mol. The second-order valence-electron chi connectivity index (χ2n) is 12.9. The van der Waals surface area contributed by atoms with Crippen molar-refractivity contribution in [1.29, 1.82) is 0 Å². The molecular formula is C37H39Cl2N7O4. The van der Waals surface area contributed by atoms with Crippen molar-refractivity contribution in [2.75, 3.05) is 18.1 Å². The quantitative estimate of drug-likeness (QED) is 0.0622. The average molecular weight is 717 g/mol. The highest BCUT2D eigenvalue weighted by atomic mass is 35.5. The Kier molecular flexibility index (Phi) is 9.32. The van der Waals surface area contributed by atoms with Gasteiger partial charge in [-0.05, 0) is 88.4 Å². The number of carbonyl (C=O) groups excluding carboxylic acids is 1. The number of aryl methyl sites for hydroxylation is 4. The standard InChI is InChI=1S/C37H39Cl2N7O4/c1-18-12-23(13-19(2)33(18)39)50-11-7-8-24-25-9-10-27(38)32(31(21(4)40)22(5)43-41)34(25)46-20(3)16-45(36(47)35(24)46)30-17-44(6)29-15-42-28(37(48)49)14-26(29)30/h9-10,12-15,17,20H,7-8,11,16,40-41H2,1-6H3,(H,48,49)/t20-/m1/s1. The highest BCUT2D eigenvalue weighted by molar-refractivity contribution is 6.38. The van der Waals surface area contributed by atoms with Crippen LogP contribution in [0.1, 0.15) is 76.5 Å². The van der Waals surface area contributed by atoms with Crippen LogP contribution >= 0.6 is 23.2 Å². The number of carboxylic acids is 1. The minimum atomic E-state index is -1.15. The lowest BCUT2D eigenvalue weighted by Gasteiger charge is -2.34. The Morgan fingerprint density at radius 3 is 2.48 bits per heavy atom. The van der Waals surface area contributed by atoms with E-state index in [1.54, 1.807) is 18.7 Å². The molecule has 2 aromatic carbocycles. The number of ether oxygens (including phenoxy) is 1. The molecule has 1 aliphatic heterocycles. The van der Waals surface area contributed by atoms with Gasteiger partial charge in [0, 0.05) is 58.5 Å². The molecule has 1 aliphatic rings. The van der Waals surface area contributed by atoms with E-state index in [0.29, 0.717) is 80.9 Å². The first kappa shape index (κ1) is 34.8. The predicted octanol–water partition coefficient (Wildman–Crippen LogP) is 7.41. The molecule has 0 radical (unpaired) electrons. The van der Waals surface area contributed by atoms with Crippen molar-refractivity contribution in [2.45, 2.75) is 53.5 Å². The van der Waals surface area contributed by atoms with E-state index < -0.39 is 5.97 Å². The summed E-state index contributed by atoms with van der Waals surface area (Å²) < 4.78 is 10.1. The van der Waals surface area contributed by atoms with Gasteiger partial charge < -0.3 is 35.5 Å². The van der Waals surface area contributed by atoms with Crippen LogP contribution in [-0.4, -0.2) is 50.0 Å². The van der Waals surface area contributed by atoms with Crippen molar-refractivity contribution in [1.82, 2.24) is 14.1 Å². The third kappa shape index (κ3) is 5.84. The molecule has 5 aromatic rings. The van der Waals surface area contributed by atoms with E-state index in [9.17, 15) is 14.7 Å². The summed E-state index contributed by atoms with van der Waals surface area (Å²) in [6.45, 7) is 10.2. The number of halogens is 2. The molecule has 260 valence electrons. The topological polar surface area (TPSA) is 154 Å². The van der Waals surface area contributed by atoms with Crippen LogP contribution in [0.3, 0.4) is 0 Å². The smallest absolute Gasteiger partial charge is 0.354 e. The molecule has 0 aliphatic carbocycles. The van der Waals surface area contributed by atoms with Crippen LogP contribution in [-0.2, 0) is 13.5 Å². The number of aromatic nitrogens is 3. The second kappa shape index (κ2) is 13.4. The number of hydrogen-bond acceptors (Lipinski definition) is 7. The van der Waals surface area contributed by atoms with E-state index in [0.717, 1.165) is 33.3 Å². The van der Waals surface area contributed by atoms with E-state index in [-0.39, 0.29) is 17.6 Å². The van der Waals surface area contributed by atoms with Crippen molar-refractivity contribution >= 4 is 73.9 Å². The molecule has 0 fully saturated rings. The molecule has 50 heavy (non-hydrogen) atoms. The fourth-order valence-electron chi connectivity index (χ4n) is 7.12. The molecule has 0 spiro atoms. The summed E-state index contributed by atoms with van der Waals surface area (Å²) in [6.07, 6.45) is 4.48. The Morgan fingerprint density at radius 2 is 1.84 bits per heavy atom. The van der Waals surface area contributed by atoms with Gasteiger partial charge in [0.15, 0.2) is 0 Å². The summed E-state index contributed by atoms with van der Waals surface area (Å²) in [5, 5.41) is 16.3. The zero-order chi connectivity index (χ0) is 36.2. The Bertz CT molecular complexity index is 2260. The Balaban J connectivity index is 1.51. The maximum Gasteiger partial charge on any atom is 0.354 e. The van der Waals surface area contributed by atoms with Crippen molar-refractivity contribution in [3.05, 3.63) is 92.1 Å². The van der Waals surface area contributed by atoms with Gasteiger partial charge in [0.1, 0.15) is 17.1 Å². The highest BCUT2D eigenvalue weighted by Crippen LogP contribution is 2.43. The third-order valence-electron chi connectivity index (χ3n) is 9.37. The van der Waals surface area contributed by atoms with Crippen LogP contribution in [0, 0.1) is 13.8 Å². The Labute approximate surface area is 299 Å². The van der Waals surface area contributed by atoms with E-state index in [1.807, 2.05) is 62.8 Å². The minimum Gasteiger partial charge on any atom is -0.494 e. The largest absolute Gasteiger partial charge is 0.494 e. The third-order valence-corrected chi connectivity index (χ3v) is 10.3. The number of fused-ring (bicyclic) bond motifs is 4. The first-order valence-electron chi connectivity index (χ1n) is 16.2. The molecule has 0 saturated carbocycles. The molecule has 0 bridgehead atoms. The maximum atomic E-state index is 14.9. The van der Waals surface area contributed by atoms with E-state index in [1.165, 1.54) is 12.3 Å². The first-order chi connectivity index (χ1) is 23.7. The molecule has 13 heteroatoms. The van der Waals surface area contributed by atoms with Crippen LogP contribution < -0.4 is 21.2 Å². The summed E-state index contributed by atoms with van der Waals surface area (Å²) in [7, 11) is 1.84. The van der Waals surface area contributed by atoms with Gasteiger partial charge in [-0.2, -0.15) is 5.10 Å². The molecule has 11 nitrogen and oxygen atoms in total. The highest BCUT2D eigenvalue weighted by Gasteiger charge is 2.37. The molecule has 3 aromatic heterocycles. The zero-order valence-corrected chi connectivity index (χ0v) is 30.3. The molecule has 4 heterocycles. The Morgan fingerprint density at radius 1 is 1.14 bits per heavy atom. The summed E-state index contributed by atoms with van der Waals surface area (Å²) in [5.74, 6) is 5.14. The van der Waals surface area contributed by atoms with Crippen molar-refractivity contribution < 1.29 is 19.4 Å². The van der Waals surface area contributed by atoms with Gasteiger partial charge in [0.05, 0.1) is 40.3 Å². The summed E-state index contributed by atoms with van der Waals surface area (Å²) in [4.78, 5) is 32.6. The molecular weight excluding hydrogens is 677 g/mol. The number of carboxylic acid groups (broad SMARTS) is 1. The van der Waals surface area contributed by atoms with Crippen LogP contribution in [0.4, 0.5) is 5.69 Å². The molecule has 0 saturated heterocycles. The van der Waals surface area contributed by atoms with Gasteiger partial charge in [-0.1, -0.05) is 29.3 Å². The number of nitrogens with two attached hydrogens (primary N) is 2. The van der Waals surface area contributed by atoms with Gasteiger partial charge in [-0.25, -0.2) is 9.78 Å². The number of benzene rings is 2. The molecule has 1 atom stereocenters. The number of rotatable bonds is 9. The van der Waals surface area contributed by atoms with E-state index >= 15 is 0 Å². The van der Waals surface area contributed by atoms with Crippen molar-refractivity contribution in [3.8, 4) is 5.75 Å². The number of carbonyl (C=O) groups is 2. The lowest BCUT2D eigenvalue weighted by Crippen LogP contribution is -2.42. The average Bonchev–Trinajstić information content (AvgIpc) is 3.58. The number of hydrogen-bond donors (Lipinski definition) is 3. The molecule has 1 amide bonds. The van der Waals surface area contributed by atoms with Gasteiger partial charge in [0.25, 0.3) is 5.91 Å². The van der Waals surface area contributed by atoms with E-state index in [4.69, 9.17) is 39.5 Å². The van der Waals surface area contributed by atoms with Crippen molar-refractivity contribution in [3.63, 3.8) is 0 Å². The number of amides is 1. The number of aromatic carboxylic acids is 1. The van der Waals surface area contributed by atoms with Gasteiger partial charge in [0.2, 0.25) is 0 Å². The second-order valence-corrected chi connectivity index (χ2v) is 13.7. The molecule has 6 rings (SSSR count). The fraction of sp³-hybridized carbons (Fsp3) is 0.297. The van der Waals surface area contributed by atoms with Gasteiger partial charge >= 0.3 is 5.97 Å². The predicted molar refractivity (Wildman–Crippen MR) is 200 cm³/mol. The molecule has 5 N–H and O–H groups in total. The maximum absolute atomic E-state index is 14.9. The van der Waals surface area contributed by atoms with E-state index in [2.05, 4.69) is 14.7 Å². The van der Waals surface area contributed by atoms with Crippen LogP contribution in [0.25, 0.3) is 27.4 Å². The molecule has 0 unspecified atom stereocenters. The SMILES string of the molecule is CC(=NN)C(=C(C)N)c1c(Cl)ccc2c(CCCOc3cc(C)c(Cl)c(C)c3)c3n(c12)[C@H](C)CN(c1cn(C)c2cnc(C(=O)O)cc12)C3=O. The number of hydrazone groups is 1. The van der Waals surface area contributed by atoms with Crippen LogP contribution in [0.5, 0.6) is 5.75 Å². The summed E-state index contributed by atoms with van der Waals surface area (Å²) >= 11 is 13.3. The normalized spacial score (nSPS) is 15.5. The van der Waals surface area contributed by atoms with Crippen LogP contribution in [0.2, 0.25) is 10.0 Å². The van der Waals surface area contributed by atoms with Gasteiger partial charge in [-0.3, -0.25) is 4.79 Å². The lowest BCUT2D eigenvalue weighted by molar-refractivity contribution is 0.0690. The first-order valence-corrected chi connectivity index (χ1v) is 17.0. The number of allylic oxidation sites excluding steroid dienone is 2. The van der Waals surface area contributed by atoms with Crippen LogP contribution in [0.15, 0.2) is 53.5 Å². The summed E-state index contributed by atoms with van der Waals surface area (Å²) in [5.41, 5.74) is 13.9. The lowest BCUT2D eigenvalue weighted by atomic mass is 9.96. The summed E-state index contributed by atoms with van der Waals surface area (Å²) in [6, 6.07) is 8.89. The number of anilines is 1. The fourth-order valence-corrected chi connectivity index (χ4v) is 7.47. The zero-order valence-electron chi connectivity index (χ0n) is 28.8. The van der Waals surface area contributed by atoms with Gasteiger partial charge in [-0.15, -0.1) is 0 Å². The minimum absolute atomic E-state index is 0.101. The number of pyridine rings is 1. The number of nitrogens with zero attached hydrogens (tertiary/aromatic N) is 5. The van der Waals surface area contributed by atoms with Crippen molar-refractivity contribution in [2.24, 2.45) is 23.7 Å². The Hall–Kier alpha value is -5.00.